The highest BCUT2D eigenvalue weighted by molar-refractivity contribution is 5.56. The van der Waals surface area contributed by atoms with Gasteiger partial charge in [0.25, 0.3) is 0 Å². The fourth-order valence-electron chi connectivity index (χ4n) is 9.77. The minimum Gasteiger partial charge on any atom is -0.394 e. The van der Waals surface area contributed by atoms with E-state index in [1.165, 1.54) is 0 Å². The van der Waals surface area contributed by atoms with Crippen LogP contribution in [0.2, 0.25) is 0 Å². The first-order chi connectivity index (χ1) is 43.2. The number of rotatable bonds is 21. The molecule has 7 heterocycles. The van der Waals surface area contributed by atoms with Crippen LogP contribution in [-0.4, -0.2) is 462 Å². The van der Waals surface area contributed by atoms with Gasteiger partial charge < -0.3 is 220 Å². The molecule has 0 radical (unpaired) electrons. The number of hydrogen-bond acceptors (Lipinski definition) is 44. The van der Waals surface area contributed by atoms with Crippen LogP contribution in [0.3, 0.4) is 0 Å². The number of carbonyl (C=O) groups excluding carboxylic acids is 1. The van der Waals surface area contributed by atoms with Crippen molar-refractivity contribution < 1.29 is 220 Å². The highest BCUT2D eigenvalue weighted by Crippen LogP contribution is 2.37. The van der Waals surface area contributed by atoms with Crippen LogP contribution in [0.15, 0.2) is 0 Å². The molecule has 32 N–H and O–H groups in total. The number of aliphatic hydroxyl groups excluding tert-OH is 32. The third-order valence-corrected chi connectivity index (χ3v) is 15.5. The first-order valence-electron chi connectivity index (χ1n) is 28.0. The van der Waals surface area contributed by atoms with Crippen molar-refractivity contribution in [1.29, 1.82) is 0 Å². The number of aliphatic hydroxyl groups is 32. The van der Waals surface area contributed by atoms with Gasteiger partial charge >= 0.3 is 0 Å². The Labute approximate surface area is 518 Å². The molecule has 0 aromatic carbocycles. The Morgan fingerprint density at radius 3 is 1.05 bits per heavy atom. The van der Waals surface area contributed by atoms with E-state index in [0.29, 0.717) is 0 Å². The number of hydrogen-bond donors (Lipinski definition) is 32. The van der Waals surface area contributed by atoms with Crippen molar-refractivity contribution in [3.05, 3.63) is 0 Å². The second kappa shape index (κ2) is 37.2. The zero-order chi connectivity index (χ0) is 69.7. The largest absolute Gasteiger partial charge is 0.394 e. The van der Waals surface area contributed by atoms with Crippen LogP contribution in [0.4, 0.5) is 0 Å². The van der Waals surface area contributed by atoms with E-state index in [9.17, 15) is 132 Å². The monoisotopic (exact) mass is 1370 g/mol. The summed E-state index contributed by atoms with van der Waals surface area (Å²) in [6.07, 6.45) is -59.8. The predicted octanol–water partition coefficient (Wildman–Crippen LogP) is -21.7. The van der Waals surface area contributed by atoms with Gasteiger partial charge in [0.2, 0.25) is 5.79 Å². The average Bonchev–Trinajstić information content (AvgIpc) is 1.55. The smallest absolute Gasteiger partial charge is 0.224 e. The zero-order valence-corrected chi connectivity index (χ0v) is 48.0. The summed E-state index contributed by atoms with van der Waals surface area (Å²) in [5.41, 5.74) is 0. The predicted molar refractivity (Wildman–Crippen MR) is 276 cm³/mol. The fourth-order valence-corrected chi connectivity index (χ4v) is 9.77. The van der Waals surface area contributed by atoms with Crippen molar-refractivity contribution >= 4 is 6.29 Å². The lowest BCUT2D eigenvalue weighted by molar-refractivity contribution is -0.388. The molecule has 7 rings (SSSR count). The molecule has 44 nitrogen and oxygen atoms in total. The van der Waals surface area contributed by atoms with Crippen molar-refractivity contribution in [3.8, 4) is 0 Å². The molecule has 0 spiro atoms. The molecule has 44 heteroatoms. The molecule has 7 aliphatic rings. The Morgan fingerprint density at radius 2 is 0.707 bits per heavy atom. The lowest BCUT2D eigenvalue weighted by atomic mass is 9.97. The van der Waals surface area contributed by atoms with Crippen molar-refractivity contribution in [2.75, 3.05) is 59.5 Å². The van der Waals surface area contributed by atoms with Crippen molar-refractivity contribution in [2.45, 2.75) is 233 Å². The van der Waals surface area contributed by atoms with E-state index in [-0.39, 0.29) is 6.29 Å². The van der Waals surface area contributed by atoms with Gasteiger partial charge in [0.15, 0.2) is 44.0 Å². The van der Waals surface area contributed by atoms with Gasteiger partial charge in [-0.25, -0.2) is 0 Å². The van der Waals surface area contributed by atoms with E-state index < -0.39 is 292 Å². The molecule has 38 atom stereocenters. The summed E-state index contributed by atoms with van der Waals surface area (Å²) in [5.74, 6) is -2.36. The Balaban J connectivity index is 0.000000276. The molecular weight excluding hydrogens is 1280 g/mol. The SMILES string of the molecule is O=C[C@H](O)[C@@H](O)[C@H](O)[C@H](O)CO.OC[C@H]1O[C@@H](O[C@H]2[C@H](O)[C@@H](O)[C@H](O)O[C@@H]2CO)[C@H](O)[C@@H](O)[C@H]1O.OC[C@H]1O[C@H](OC[C@H]2O[C@H](O[C@]3(CO)O[C@H](CO)[C@@H](O)[C@@H]3O)[C@H](O)[C@@H](O)[C@@H]2O)[C@H](O)[C@@H](O)[C@H]1O.OC[C@H]1O[C@H](O[C@H]2[C@H](O)[C@@H](O)[C@H](O)O[C@@H]2CO)[C@H](O)[C@@H](O)[C@@H]1O. The molecule has 0 aliphatic carbocycles. The molecule has 0 unspecified atom stereocenters. The summed E-state index contributed by atoms with van der Waals surface area (Å²) in [7, 11) is 0. The van der Waals surface area contributed by atoms with Crippen LogP contribution in [0, 0.1) is 0 Å². The van der Waals surface area contributed by atoms with Gasteiger partial charge in [-0.3, -0.25) is 0 Å². The molecule has 7 saturated heterocycles. The van der Waals surface area contributed by atoms with Crippen molar-refractivity contribution in [2.24, 2.45) is 0 Å². The zero-order valence-electron chi connectivity index (χ0n) is 48.0. The van der Waals surface area contributed by atoms with Gasteiger partial charge in [0.1, 0.15) is 196 Å². The van der Waals surface area contributed by atoms with Crippen LogP contribution in [0.5, 0.6) is 0 Å². The highest BCUT2D eigenvalue weighted by Gasteiger charge is 2.59. The van der Waals surface area contributed by atoms with Crippen molar-refractivity contribution in [1.82, 2.24) is 0 Å². The minimum absolute atomic E-state index is 0.0258. The lowest BCUT2D eigenvalue weighted by Crippen LogP contribution is -2.64. The molecule has 544 valence electrons. The van der Waals surface area contributed by atoms with Gasteiger partial charge in [-0.05, 0) is 0 Å². The summed E-state index contributed by atoms with van der Waals surface area (Å²) < 4.78 is 57.0. The average molecular weight is 1370 g/mol. The van der Waals surface area contributed by atoms with Crippen LogP contribution in [0.1, 0.15) is 0 Å². The Bertz CT molecular complexity index is 2010. The maximum atomic E-state index is 10.3. The Morgan fingerprint density at radius 1 is 0.359 bits per heavy atom. The van der Waals surface area contributed by atoms with E-state index in [1.54, 1.807) is 0 Å². The molecule has 0 aromatic rings. The lowest BCUT2D eigenvalue weighted by Gasteiger charge is -2.45. The summed E-state index contributed by atoms with van der Waals surface area (Å²) in [6.45, 7) is -6.59. The molecular formula is C48H88O44. The highest BCUT2D eigenvalue weighted by atomic mass is 16.8. The summed E-state index contributed by atoms with van der Waals surface area (Å²) in [4.78, 5) is 9.90. The normalized spacial score (nSPS) is 47.8. The number of ether oxygens (including phenoxy) is 11. The number of carbonyl (C=O) groups is 1. The van der Waals surface area contributed by atoms with E-state index in [2.05, 4.69) is 0 Å². The fraction of sp³-hybridized carbons (Fsp3) is 0.979. The van der Waals surface area contributed by atoms with E-state index in [4.69, 9.17) is 87.9 Å². The van der Waals surface area contributed by atoms with Gasteiger partial charge in [-0.15, -0.1) is 0 Å². The Kier molecular flexibility index (Phi) is 33.3. The first-order valence-corrected chi connectivity index (χ1v) is 28.0. The van der Waals surface area contributed by atoms with E-state index in [1.807, 2.05) is 0 Å². The van der Waals surface area contributed by atoms with Crippen LogP contribution in [0.25, 0.3) is 0 Å². The standard InChI is InChI=1S/C18H32O16.2C12H22O11.C6H12O6/c19-1-5-8(22)11(25)13(27)16(31-5)30-3-7-9(23)12(26)14(28)17(32-7)34-18(4-21)15(29)10(24)6(2-20)33-18;2*13-1-3-5(15)6(16)9(19)12(22-3)23-10-4(2-14)21-11(20)8(18)7(10)17;7-1-3(9)5(11)6(12)4(10)2-8/h5-17,19-29H,1-4H2;2*3-20H,1-2H2;1,3-6,8-12H,2H2/t5-,6-,7-,8+,9-,10-,11+,12+,13-,14-,15+,16+,17-,18+;3-,4-,5+,6+,7-,8-,9-,10-,11-,12+;3-,4-,5-,6+,7-,8-,9-,10-,11-,12-;3-,4+,5+,6+/m1110/s1. The maximum Gasteiger partial charge on any atom is 0.224 e. The van der Waals surface area contributed by atoms with Crippen molar-refractivity contribution in [3.63, 3.8) is 0 Å². The molecule has 7 fully saturated rings. The quantitative estimate of drug-likeness (QED) is 0.0475. The second-order valence-electron chi connectivity index (χ2n) is 21.8. The van der Waals surface area contributed by atoms with Gasteiger partial charge in [-0.2, -0.15) is 0 Å². The summed E-state index contributed by atoms with van der Waals surface area (Å²) >= 11 is 0. The minimum atomic E-state index is -2.36. The third-order valence-electron chi connectivity index (χ3n) is 15.5. The molecule has 0 saturated carbocycles. The number of aldehydes is 1. The summed E-state index contributed by atoms with van der Waals surface area (Å²) in [5, 5.41) is 305. The van der Waals surface area contributed by atoms with Crippen LogP contribution >= 0.6 is 0 Å². The third kappa shape index (κ3) is 19.2. The van der Waals surface area contributed by atoms with E-state index in [0.717, 1.165) is 0 Å². The molecule has 7 aliphatic heterocycles. The van der Waals surface area contributed by atoms with Gasteiger partial charge in [-0.1, -0.05) is 0 Å². The van der Waals surface area contributed by atoms with Gasteiger partial charge in [0.05, 0.1) is 52.9 Å². The van der Waals surface area contributed by atoms with E-state index >= 15 is 0 Å². The van der Waals surface area contributed by atoms with Crippen LogP contribution < -0.4 is 0 Å². The molecule has 0 bridgehead atoms. The Hall–Kier alpha value is -2.05. The first kappa shape index (κ1) is 82.4. The topological polar surface area (TPSA) is 766 Å². The second-order valence-corrected chi connectivity index (χ2v) is 21.8. The molecule has 0 aromatic heterocycles. The van der Waals surface area contributed by atoms with Gasteiger partial charge in [0, 0.05) is 0 Å². The summed E-state index contributed by atoms with van der Waals surface area (Å²) in [6, 6.07) is 0. The maximum absolute atomic E-state index is 10.3. The molecule has 0 amide bonds. The molecule has 92 heavy (non-hydrogen) atoms. The van der Waals surface area contributed by atoms with Crippen LogP contribution in [-0.2, 0) is 56.9 Å².